The van der Waals surface area contributed by atoms with Crippen molar-refractivity contribution in [1.82, 2.24) is 0 Å². The second kappa shape index (κ2) is 7.05. The number of benzene rings is 3. The quantitative estimate of drug-likeness (QED) is 0.435. The summed E-state index contributed by atoms with van der Waals surface area (Å²) in [4.78, 5) is 56.3. The predicted molar refractivity (Wildman–Crippen MR) is 123 cm³/mol. The fourth-order valence-electron chi connectivity index (χ4n) is 5.80. The molecular weight excluding hydrogens is 430 g/mol. The maximum atomic E-state index is 13.9. The molecule has 6 heteroatoms. The van der Waals surface area contributed by atoms with Crippen molar-refractivity contribution in [2.24, 2.45) is 11.8 Å². The molecule has 1 spiro atoms. The van der Waals surface area contributed by atoms with Gasteiger partial charge in [0, 0.05) is 11.1 Å². The minimum Gasteiger partial charge on any atom is -0.349 e. The van der Waals surface area contributed by atoms with Crippen LogP contribution >= 0.6 is 0 Å². The van der Waals surface area contributed by atoms with Crippen LogP contribution in [0.25, 0.3) is 0 Å². The van der Waals surface area contributed by atoms with Crippen LogP contribution in [-0.2, 0) is 14.3 Å². The highest BCUT2D eigenvalue weighted by atomic mass is 16.5. The minimum atomic E-state index is -2.05. The molecule has 3 aromatic rings. The van der Waals surface area contributed by atoms with Crippen LogP contribution in [-0.4, -0.2) is 29.0 Å². The summed E-state index contributed by atoms with van der Waals surface area (Å²) in [5, 5.41) is 0. The highest BCUT2D eigenvalue weighted by Gasteiger charge is 2.74. The average Bonchev–Trinajstić information content (AvgIpc) is 3.39. The fourth-order valence-corrected chi connectivity index (χ4v) is 5.80. The monoisotopic (exact) mass is 451 g/mol. The number of amides is 2. The number of hydrogen-bond acceptors (Lipinski definition) is 5. The first kappa shape index (κ1) is 20.7. The van der Waals surface area contributed by atoms with Gasteiger partial charge >= 0.3 is 0 Å². The van der Waals surface area contributed by atoms with Crippen molar-refractivity contribution in [2.45, 2.75) is 25.6 Å². The highest BCUT2D eigenvalue weighted by Crippen LogP contribution is 2.57. The van der Waals surface area contributed by atoms with Crippen molar-refractivity contribution in [2.75, 3.05) is 4.90 Å². The van der Waals surface area contributed by atoms with E-state index in [-0.39, 0.29) is 11.1 Å². The molecule has 2 fully saturated rings. The number of hydrogen-bond donors (Lipinski definition) is 0. The third-order valence-electron chi connectivity index (χ3n) is 7.11. The maximum Gasteiger partial charge on any atom is 0.241 e. The Morgan fingerprint density at radius 1 is 0.735 bits per heavy atom. The molecule has 2 heterocycles. The number of ether oxygens (including phenoxy) is 1. The highest BCUT2D eigenvalue weighted by molar-refractivity contribution is 6.37. The summed E-state index contributed by atoms with van der Waals surface area (Å²) < 4.78 is 6.28. The first-order chi connectivity index (χ1) is 16.3. The molecule has 0 unspecified atom stereocenters. The smallest absolute Gasteiger partial charge is 0.241 e. The Bertz CT molecular complexity index is 1350. The molecule has 3 aliphatic rings. The fraction of sp³-hybridized carbons (Fsp3) is 0.214. The molecule has 0 bridgehead atoms. The van der Waals surface area contributed by atoms with Gasteiger partial charge in [-0.25, -0.2) is 4.90 Å². The van der Waals surface area contributed by atoms with Gasteiger partial charge < -0.3 is 4.74 Å². The Hall–Kier alpha value is -3.90. The van der Waals surface area contributed by atoms with Gasteiger partial charge in [0.25, 0.3) is 0 Å². The third-order valence-corrected chi connectivity index (χ3v) is 7.11. The van der Waals surface area contributed by atoms with Crippen molar-refractivity contribution >= 4 is 29.1 Å². The predicted octanol–water partition coefficient (Wildman–Crippen LogP) is 4.00. The summed E-state index contributed by atoms with van der Waals surface area (Å²) in [5.41, 5.74) is 1.30. The molecule has 0 saturated carbocycles. The standard InChI is InChI=1S/C28H21NO5/c1-15-12-16(2)14-18(13-15)29-26(32)21-22(27(29)33)28(34-23(21)17-8-4-3-5-9-17)24(30)19-10-6-7-11-20(19)25(28)31/h3-14,21-23H,1-2H3/t21-,22+,23-/m0/s1. The number of ketones is 2. The molecule has 168 valence electrons. The van der Waals surface area contributed by atoms with Crippen LogP contribution in [0.1, 0.15) is 43.5 Å². The van der Waals surface area contributed by atoms with Gasteiger partial charge in [0.05, 0.1) is 23.6 Å². The first-order valence-corrected chi connectivity index (χ1v) is 11.2. The number of rotatable bonds is 2. The molecule has 0 N–H and O–H groups in total. The molecule has 2 aliphatic heterocycles. The van der Waals surface area contributed by atoms with Gasteiger partial charge in [-0.2, -0.15) is 0 Å². The summed E-state index contributed by atoms with van der Waals surface area (Å²) >= 11 is 0. The third kappa shape index (κ3) is 2.54. The number of carbonyl (C=O) groups is 4. The maximum absolute atomic E-state index is 13.9. The molecule has 6 rings (SSSR count). The lowest BCUT2D eigenvalue weighted by Crippen LogP contribution is -2.51. The van der Waals surface area contributed by atoms with Crippen LogP contribution in [0.15, 0.2) is 72.8 Å². The van der Waals surface area contributed by atoms with E-state index in [0.717, 1.165) is 16.0 Å². The average molecular weight is 451 g/mol. The minimum absolute atomic E-state index is 0.227. The van der Waals surface area contributed by atoms with E-state index >= 15 is 0 Å². The second-order valence-electron chi connectivity index (χ2n) is 9.25. The van der Waals surface area contributed by atoms with Crippen LogP contribution < -0.4 is 4.90 Å². The Morgan fingerprint density at radius 3 is 1.88 bits per heavy atom. The summed E-state index contributed by atoms with van der Waals surface area (Å²) in [6.45, 7) is 3.78. The van der Waals surface area contributed by atoms with Crippen molar-refractivity contribution in [3.05, 3.63) is 101 Å². The van der Waals surface area contributed by atoms with Crippen LogP contribution in [0.4, 0.5) is 5.69 Å². The zero-order valence-corrected chi connectivity index (χ0v) is 18.6. The van der Waals surface area contributed by atoms with Gasteiger partial charge in [-0.05, 0) is 42.7 Å². The van der Waals surface area contributed by atoms with E-state index in [1.807, 2.05) is 26.0 Å². The van der Waals surface area contributed by atoms with E-state index in [0.29, 0.717) is 11.3 Å². The molecule has 3 atom stereocenters. The first-order valence-electron chi connectivity index (χ1n) is 11.2. The topological polar surface area (TPSA) is 80.8 Å². The molecule has 2 amide bonds. The molecule has 6 nitrogen and oxygen atoms in total. The van der Waals surface area contributed by atoms with E-state index in [2.05, 4.69) is 0 Å². The summed E-state index contributed by atoms with van der Waals surface area (Å²) in [5.74, 6) is -4.36. The van der Waals surface area contributed by atoms with Crippen molar-refractivity contribution < 1.29 is 23.9 Å². The molecule has 0 aromatic heterocycles. The lowest BCUT2D eigenvalue weighted by molar-refractivity contribution is -0.127. The normalized spacial score (nSPS) is 24.8. The SMILES string of the molecule is Cc1cc(C)cc(N2C(=O)[C@@H]3[C@H](c4ccccc4)OC4(C(=O)c5ccccc5C4=O)[C@H]3C2=O)c1. The molecule has 3 aromatic carbocycles. The van der Waals surface area contributed by atoms with Crippen LogP contribution in [0, 0.1) is 25.7 Å². The zero-order valence-electron chi connectivity index (χ0n) is 18.6. The number of fused-ring (bicyclic) bond motifs is 3. The summed E-state index contributed by atoms with van der Waals surface area (Å²) in [7, 11) is 0. The molecular formula is C28H21NO5. The van der Waals surface area contributed by atoms with Crippen molar-refractivity contribution in [3.8, 4) is 0 Å². The van der Waals surface area contributed by atoms with Crippen LogP contribution in [0.5, 0.6) is 0 Å². The molecule has 0 radical (unpaired) electrons. The number of aryl methyl sites for hydroxylation is 2. The molecule has 1 aliphatic carbocycles. The van der Waals surface area contributed by atoms with Crippen LogP contribution in [0.3, 0.4) is 0 Å². The van der Waals surface area contributed by atoms with Crippen LogP contribution in [0.2, 0.25) is 0 Å². The van der Waals surface area contributed by atoms with Gasteiger partial charge in [0.1, 0.15) is 0 Å². The van der Waals surface area contributed by atoms with E-state index in [4.69, 9.17) is 4.74 Å². The van der Waals surface area contributed by atoms with Gasteiger partial charge in [0.2, 0.25) is 29.0 Å². The molecule has 2 saturated heterocycles. The Labute approximate surface area is 196 Å². The van der Waals surface area contributed by atoms with Gasteiger partial charge in [0.15, 0.2) is 0 Å². The number of anilines is 1. The lowest BCUT2D eigenvalue weighted by Gasteiger charge is -2.27. The van der Waals surface area contributed by atoms with Gasteiger partial charge in [-0.3, -0.25) is 19.2 Å². The number of carbonyl (C=O) groups excluding carboxylic acids is 4. The molecule has 34 heavy (non-hydrogen) atoms. The Kier molecular flexibility index (Phi) is 4.29. The van der Waals surface area contributed by atoms with Crippen molar-refractivity contribution in [1.29, 1.82) is 0 Å². The Balaban J connectivity index is 1.56. The Morgan fingerprint density at radius 2 is 1.29 bits per heavy atom. The van der Waals surface area contributed by atoms with E-state index < -0.39 is 46.9 Å². The van der Waals surface area contributed by atoms with Crippen molar-refractivity contribution in [3.63, 3.8) is 0 Å². The zero-order chi connectivity index (χ0) is 23.8. The largest absolute Gasteiger partial charge is 0.349 e. The van der Waals surface area contributed by atoms with E-state index in [1.165, 1.54) is 0 Å². The summed E-state index contributed by atoms with van der Waals surface area (Å²) in [6, 6.07) is 21.0. The lowest BCUT2D eigenvalue weighted by atomic mass is 9.77. The van der Waals surface area contributed by atoms with Gasteiger partial charge in [-0.15, -0.1) is 0 Å². The number of Topliss-reactive ketones (excluding diaryl/α,β-unsaturated/α-hetero) is 2. The van der Waals surface area contributed by atoms with E-state index in [1.54, 1.807) is 60.7 Å². The second-order valence-corrected chi connectivity index (χ2v) is 9.25. The number of imide groups is 1. The number of nitrogens with zero attached hydrogens (tertiary/aromatic N) is 1. The summed E-state index contributed by atoms with van der Waals surface area (Å²) in [6.07, 6.45) is -0.902. The van der Waals surface area contributed by atoms with Gasteiger partial charge in [-0.1, -0.05) is 60.7 Å². The van der Waals surface area contributed by atoms with E-state index in [9.17, 15) is 19.2 Å².